The molecule has 0 bridgehead atoms. The molecule has 2 aliphatic rings. The molecular weight excluding hydrogens is 228 g/mol. The molecule has 1 aromatic rings. The number of rotatable bonds is 3. The molecule has 0 aromatic carbocycles. The third kappa shape index (κ3) is 2.14. The Morgan fingerprint density at radius 1 is 1.33 bits per heavy atom. The molecular formula is C13H20N4O. The fourth-order valence-electron chi connectivity index (χ4n) is 3.11. The maximum atomic E-state index is 5.16. The fourth-order valence-corrected chi connectivity index (χ4v) is 3.11. The van der Waals surface area contributed by atoms with Crippen LogP contribution in [0, 0.1) is 0 Å². The van der Waals surface area contributed by atoms with E-state index in [1.807, 2.05) is 6.20 Å². The van der Waals surface area contributed by atoms with Crippen LogP contribution in [0.5, 0.6) is 5.88 Å². The van der Waals surface area contributed by atoms with Crippen LogP contribution >= 0.6 is 0 Å². The van der Waals surface area contributed by atoms with Gasteiger partial charge in [0.1, 0.15) is 0 Å². The van der Waals surface area contributed by atoms with Crippen molar-refractivity contribution in [1.82, 2.24) is 15.3 Å². The minimum absolute atomic E-state index is 0.564. The molecule has 1 aromatic heterocycles. The first kappa shape index (κ1) is 11.7. The summed E-state index contributed by atoms with van der Waals surface area (Å²) in [5.41, 5.74) is 0. The second kappa shape index (κ2) is 5.10. The molecule has 3 rings (SSSR count). The Morgan fingerprint density at radius 2 is 2.28 bits per heavy atom. The lowest BCUT2D eigenvalue weighted by atomic mass is 10.0. The van der Waals surface area contributed by atoms with Gasteiger partial charge in [-0.1, -0.05) is 0 Å². The first-order valence-corrected chi connectivity index (χ1v) is 6.74. The number of anilines is 1. The molecule has 0 radical (unpaired) electrons. The van der Waals surface area contributed by atoms with E-state index in [1.54, 1.807) is 13.3 Å². The molecule has 5 nitrogen and oxygen atoms in total. The molecule has 2 atom stereocenters. The van der Waals surface area contributed by atoms with Crippen LogP contribution in [-0.2, 0) is 0 Å². The molecule has 0 aliphatic carbocycles. The minimum Gasteiger partial charge on any atom is -0.480 e. The Hall–Kier alpha value is -1.36. The SMILES string of the molecule is COc1cncc(N2CCCC2C2CCCN2)n1. The van der Waals surface area contributed by atoms with Gasteiger partial charge in [-0.3, -0.25) is 4.98 Å². The van der Waals surface area contributed by atoms with Crippen LogP contribution in [0.25, 0.3) is 0 Å². The third-order valence-electron chi connectivity index (χ3n) is 3.97. The van der Waals surface area contributed by atoms with Crippen LogP contribution in [0.1, 0.15) is 25.7 Å². The number of hydrogen-bond donors (Lipinski definition) is 1. The number of aromatic nitrogens is 2. The summed E-state index contributed by atoms with van der Waals surface area (Å²) in [4.78, 5) is 11.1. The Morgan fingerprint density at radius 3 is 3.06 bits per heavy atom. The normalized spacial score (nSPS) is 27.7. The van der Waals surface area contributed by atoms with Gasteiger partial charge in [-0.25, -0.2) is 0 Å². The van der Waals surface area contributed by atoms with Crippen molar-refractivity contribution in [2.24, 2.45) is 0 Å². The maximum Gasteiger partial charge on any atom is 0.233 e. The molecule has 0 amide bonds. The summed E-state index contributed by atoms with van der Waals surface area (Å²) in [6, 6.07) is 1.18. The minimum atomic E-state index is 0.564. The summed E-state index contributed by atoms with van der Waals surface area (Å²) in [5.74, 6) is 1.54. The zero-order valence-corrected chi connectivity index (χ0v) is 10.8. The topological polar surface area (TPSA) is 50.3 Å². The van der Waals surface area contributed by atoms with E-state index >= 15 is 0 Å². The lowest BCUT2D eigenvalue weighted by Crippen LogP contribution is -2.44. The van der Waals surface area contributed by atoms with Crippen molar-refractivity contribution < 1.29 is 4.74 Å². The first-order chi connectivity index (χ1) is 8.88. The number of ether oxygens (including phenoxy) is 1. The van der Waals surface area contributed by atoms with Crippen LogP contribution in [0.15, 0.2) is 12.4 Å². The van der Waals surface area contributed by atoms with Crippen LogP contribution in [0.4, 0.5) is 5.82 Å². The number of methoxy groups -OCH3 is 1. The smallest absolute Gasteiger partial charge is 0.233 e. The molecule has 2 unspecified atom stereocenters. The lowest BCUT2D eigenvalue weighted by molar-refractivity contribution is 0.394. The summed E-state index contributed by atoms with van der Waals surface area (Å²) in [5, 5.41) is 3.61. The molecule has 0 saturated carbocycles. The molecule has 1 N–H and O–H groups in total. The summed E-state index contributed by atoms with van der Waals surface area (Å²) in [6.07, 6.45) is 8.55. The van der Waals surface area contributed by atoms with Gasteiger partial charge in [0.05, 0.1) is 19.5 Å². The molecule has 2 aliphatic heterocycles. The highest BCUT2D eigenvalue weighted by molar-refractivity contribution is 5.41. The second-order valence-corrected chi connectivity index (χ2v) is 5.03. The van der Waals surface area contributed by atoms with Crippen LogP contribution in [0.3, 0.4) is 0 Å². The maximum absolute atomic E-state index is 5.16. The van der Waals surface area contributed by atoms with Crippen molar-refractivity contribution >= 4 is 5.82 Å². The van der Waals surface area contributed by atoms with Crippen molar-refractivity contribution in [2.45, 2.75) is 37.8 Å². The Labute approximate surface area is 108 Å². The molecule has 2 fully saturated rings. The van der Waals surface area contributed by atoms with Crippen LogP contribution in [0.2, 0.25) is 0 Å². The standard InChI is InChI=1S/C13H20N4O/c1-18-13-9-14-8-12(16-13)17-7-3-5-11(17)10-4-2-6-15-10/h8-11,15H,2-7H2,1H3. The predicted molar refractivity (Wildman–Crippen MR) is 70.0 cm³/mol. The summed E-state index contributed by atoms with van der Waals surface area (Å²) in [7, 11) is 1.63. The third-order valence-corrected chi connectivity index (χ3v) is 3.97. The number of nitrogens with zero attached hydrogens (tertiary/aromatic N) is 3. The molecule has 2 saturated heterocycles. The van der Waals surface area contributed by atoms with Gasteiger partial charge in [0.15, 0.2) is 5.82 Å². The Kier molecular flexibility index (Phi) is 3.32. The molecule has 18 heavy (non-hydrogen) atoms. The molecule has 98 valence electrons. The van der Waals surface area contributed by atoms with Crippen LogP contribution in [-0.4, -0.2) is 42.3 Å². The van der Waals surface area contributed by atoms with E-state index in [2.05, 4.69) is 20.2 Å². The Bertz CT molecular complexity index is 406. The van der Waals surface area contributed by atoms with E-state index in [4.69, 9.17) is 4.74 Å². The predicted octanol–water partition coefficient (Wildman–Crippen LogP) is 1.21. The van der Waals surface area contributed by atoms with E-state index in [0.717, 1.165) is 18.9 Å². The van der Waals surface area contributed by atoms with E-state index in [-0.39, 0.29) is 0 Å². The highest BCUT2D eigenvalue weighted by Crippen LogP contribution is 2.29. The number of nitrogens with one attached hydrogen (secondary N) is 1. The first-order valence-electron chi connectivity index (χ1n) is 6.74. The van der Waals surface area contributed by atoms with Gasteiger partial charge in [-0.05, 0) is 32.2 Å². The van der Waals surface area contributed by atoms with Crippen molar-refractivity contribution in [2.75, 3.05) is 25.1 Å². The van der Waals surface area contributed by atoms with Crippen molar-refractivity contribution in [3.05, 3.63) is 12.4 Å². The highest BCUT2D eigenvalue weighted by Gasteiger charge is 2.34. The van der Waals surface area contributed by atoms with Gasteiger partial charge in [-0.2, -0.15) is 4.98 Å². The molecule has 0 spiro atoms. The monoisotopic (exact) mass is 248 g/mol. The van der Waals surface area contributed by atoms with Crippen molar-refractivity contribution in [3.8, 4) is 5.88 Å². The summed E-state index contributed by atoms with van der Waals surface area (Å²) < 4.78 is 5.16. The van der Waals surface area contributed by atoms with Gasteiger partial charge < -0.3 is 15.0 Å². The van der Waals surface area contributed by atoms with Gasteiger partial charge in [-0.15, -0.1) is 0 Å². The zero-order chi connectivity index (χ0) is 12.4. The largest absolute Gasteiger partial charge is 0.480 e. The van der Waals surface area contributed by atoms with Crippen LogP contribution < -0.4 is 15.0 Å². The average molecular weight is 248 g/mol. The van der Waals surface area contributed by atoms with Gasteiger partial charge in [0.2, 0.25) is 5.88 Å². The summed E-state index contributed by atoms with van der Waals surface area (Å²) >= 11 is 0. The van der Waals surface area contributed by atoms with Gasteiger partial charge in [0, 0.05) is 18.6 Å². The molecule has 5 heteroatoms. The lowest BCUT2D eigenvalue weighted by Gasteiger charge is -2.30. The fraction of sp³-hybridized carbons (Fsp3) is 0.692. The average Bonchev–Trinajstić information content (AvgIpc) is 3.09. The quantitative estimate of drug-likeness (QED) is 0.871. The zero-order valence-electron chi connectivity index (χ0n) is 10.8. The van der Waals surface area contributed by atoms with Gasteiger partial charge in [0.25, 0.3) is 0 Å². The summed E-state index contributed by atoms with van der Waals surface area (Å²) in [6.45, 7) is 2.23. The second-order valence-electron chi connectivity index (χ2n) is 5.03. The van der Waals surface area contributed by atoms with E-state index in [1.165, 1.54) is 25.7 Å². The number of hydrogen-bond acceptors (Lipinski definition) is 5. The highest BCUT2D eigenvalue weighted by atomic mass is 16.5. The van der Waals surface area contributed by atoms with Gasteiger partial charge >= 0.3 is 0 Å². The van der Waals surface area contributed by atoms with E-state index in [9.17, 15) is 0 Å². The van der Waals surface area contributed by atoms with E-state index < -0.39 is 0 Å². The molecule has 3 heterocycles. The van der Waals surface area contributed by atoms with Crippen molar-refractivity contribution in [3.63, 3.8) is 0 Å². The van der Waals surface area contributed by atoms with E-state index in [0.29, 0.717) is 18.0 Å². The van der Waals surface area contributed by atoms with Crippen molar-refractivity contribution in [1.29, 1.82) is 0 Å². The Balaban J connectivity index is 1.80.